The SMILES string of the molecule is CCCC(CC)N1C(=O)NC(=O)C2(CCC2)C1=O. The van der Waals surface area contributed by atoms with E-state index in [1.165, 1.54) is 4.90 Å². The topological polar surface area (TPSA) is 66.5 Å². The zero-order valence-corrected chi connectivity index (χ0v) is 11.0. The molecule has 1 saturated carbocycles. The van der Waals surface area contributed by atoms with Crippen LogP contribution in [0, 0.1) is 5.41 Å². The van der Waals surface area contributed by atoms with Crippen LogP contribution in [0.4, 0.5) is 4.79 Å². The van der Waals surface area contributed by atoms with Gasteiger partial charge in [0.25, 0.3) is 0 Å². The molecular weight excluding hydrogens is 232 g/mol. The molecule has 1 atom stereocenters. The summed E-state index contributed by atoms with van der Waals surface area (Å²) < 4.78 is 0. The first-order valence-electron chi connectivity index (χ1n) is 6.76. The average molecular weight is 252 g/mol. The van der Waals surface area contributed by atoms with E-state index in [4.69, 9.17) is 0 Å². The van der Waals surface area contributed by atoms with Crippen LogP contribution in [-0.4, -0.2) is 28.8 Å². The molecule has 1 aliphatic carbocycles. The molecule has 2 fully saturated rings. The summed E-state index contributed by atoms with van der Waals surface area (Å²) in [5.41, 5.74) is -0.935. The molecule has 4 amide bonds. The van der Waals surface area contributed by atoms with Crippen LogP contribution in [-0.2, 0) is 9.59 Å². The molecule has 1 N–H and O–H groups in total. The van der Waals surface area contributed by atoms with Crippen LogP contribution in [0.15, 0.2) is 0 Å². The van der Waals surface area contributed by atoms with E-state index >= 15 is 0 Å². The van der Waals surface area contributed by atoms with E-state index < -0.39 is 17.4 Å². The van der Waals surface area contributed by atoms with Crippen LogP contribution in [0.1, 0.15) is 52.4 Å². The molecule has 1 spiro atoms. The maximum absolute atomic E-state index is 12.5. The van der Waals surface area contributed by atoms with E-state index in [9.17, 15) is 14.4 Å². The summed E-state index contributed by atoms with van der Waals surface area (Å²) >= 11 is 0. The fraction of sp³-hybridized carbons (Fsp3) is 0.769. The van der Waals surface area contributed by atoms with Crippen LogP contribution >= 0.6 is 0 Å². The van der Waals surface area contributed by atoms with Crippen molar-refractivity contribution in [1.29, 1.82) is 0 Å². The Balaban J connectivity index is 2.26. The van der Waals surface area contributed by atoms with Gasteiger partial charge in [-0.1, -0.05) is 26.7 Å². The largest absolute Gasteiger partial charge is 0.331 e. The minimum atomic E-state index is -0.935. The zero-order chi connectivity index (χ0) is 13.3. The standard InChI is InChI=1S/C13H20N2O3/c1-3-6-9(4-2)15-11(17)13(7-5-8-13)10(16)14-12(15)18/h9H,3-8H2,1-2H3,(H,14,16,18). The second-order valence-electron chi connectivity index (χ2n) is 5.22. The van der Waals surface area contributed by atoms with Gasteiger partial charge >= 0.3 is 6.03 Å². The van der Waals surface area contributed by atoms with Crippen LogP contribution in [0.2, 0.25) is 0 Å². The van der Waals surface area contributed by atoms with Crippen molar-refractivity contribution in [2.75, 3.05) is 0 Å². The van der Waals surface area contributed by atoms with E-state index in [1.54, 1.807) is 0 Å². The minimum absolute atomic E-state index is 0.0897. The molecule has 2 rings (SSSR count). The second-order valence-corrected chi connectivity index (χ2v) is 5.22. The summed E-state index contributed by atoms with van der Waals surface area (Å²) in [5, 5.41) is 2.35. The summed E-state index contributed by atoms with van der Waals surface area (Å²) in [6, 6.07) is -0.629. The van der Waals surface area contributed by atoms with Gasteiger partial charge in [-0.25, -0.2) is 4.79 Å². The Kier molecular flexibility index (Phi) is 3.41. The zero-order valence-electron chi connectivity index (χ0n) is 11.0. The number of rotatable bonds is 4. The van der Waals surface area contributed by atoms with Crippen LogP contribution in [0.5, 0.6) is 0 Å². The van der Waals surface area contributed by atoms with Crippen molar-refractivity contribution in [2.24, 2.45) is 5.41 Å². The Labute approximate surface area is 107 Å². The van der Waals surface area contributed by atoms with Gasteiger partial charge in [-0.3, -0.25) is 19.8 Å². The summed E-state index contributed by atoms with van der Waals surface area (Å²) in [6.45, 7) is 3.99. The van der Waals surface area contributed by atoms with Gasteiger partial charge in [0.2, 0.25) is 11.8 Å². The fourth-order valence-electron chi connectivity index (χ4n) is 2.85. The van der Waals surface area contributed by atoms with Crippen molar-refractivity contribution in [2.45, 2.75) is 58.4 Å². The number of amides is 4. The van der Waals surface area contributed by atoms with E-state index in [0.717, 1.165) is 25.7 Å². The Morgan fingerprint density at radius 2 is 1.94 bits per heavy atom. The first kappa shape index (κ1) is 13.1. The molecule has 1 aliphatic heterocycles. The first-order chi connectivity index (χ1) is 8.56. The van der Waals surface area contributed by atoms with E-state index in [2.05, 4.69) is 5.32 Å². The highest BCUT2D eigenvalue weighted by atomic mass is 16.2. The van der Waals surface area contributed by atoms with Crippen molar-refractivity contribution < 1.29 is 14.4 Å². The van der Waals surface area contributed by atoms with Crippen LogP contribution < -0.4 is 5.32 Å². The molecule has 1 unspecified atom stereocenters. The van der Waals surface area contributed by atoms with E-state index in [0.29, 0.717) is 12.8 Å². The lowest BCUT2D eigenvalue weighted by Gasteiger charge is -2.46. The molecule has 2 aliphatic rings. The molecule has 1 heterocycles. The predicted octanol–water partition coefficient (Wildman–Crippen LogP) is 1.81. The predicted molar refractivity (Wildman–Crippen MR) is 65.7 cm³/mol. The van der Waals surface area contributed by atoms with Gasteiger partial charge in [0.1, 0.15) is 5.41 Å². The van der Waals surface area contributed by atoms with Gasteiger partial charge in [-0.05, 0) is 25.7 Å². The minimum Gasteiger partial charge on any atom is -0.277 e. The van der Waals surface area contributed by atoms with Gasteiger partial charge in [0.05, 0.1) is 0 Å². The highest BCUT2D eigenvalue weighted by Crippen LogP contribution is 2.45. The lowest BCUT2D eigenvalue weighted by atomic mass is 9.66. The van der Waals surface area contributed by atoms with Crippen LogP contribution in [0.25, 0.3) is 0 Å². The third-order valence-corrected chi connectivity index (χ3v) is 4.17. The summed E-state index contributed by atoms with van der Waals surface area (Å²) in [5.74, 6) is -0.672. The van der Waals surface area contributed by atoms with Crippen LogP contribution in [0.3, 0.4) is 0 Å². The van der Waals surface area contributed by atoms with E-state index in [-0.39, 0.29) is 11.9 Å². The maximum Gasteiger partial charge on any atom is 0.331 e. The number of hydrogen-bond acceptors (Lipinski definition) is 3. The van der Waals surface area contributed by atoms with Gasteiger partial charge in [-0.15, -0.1) is 0 Å². The lowest BCUT2D eigenvalue weighted by molar-refractivity contribution is -0.159. The monoisotopic (exact) mass is 252 g/mol. The second kappa shape index (κ2) is 4.71. The number of carbonyl (C=O) groups is 3. The quantitative estimate of drug-likeness (QED) is 0.776. The molecule has 0 radical (unpaired) electrons. The number of hydrogen-bond donors (Lipinski definition) is 1. The lowest BCUT2D eigenvalue weighted by Crippen LogP contribution is -2.67. The molecule has 0 bridgehead atoms. The molecule has 100 valence electrons. The van der Waals surface area contributed by atoms with Crippen molar-refractivity contribution in [3.63, 3.8) is 0 Å². The number of nitrogens with zero attached hydrogens (tertiary/aromatic N) is 1. The molecule has 18 heavy (non-hydrogen) atoms. The number of imide groups is 2. The molecular formula is C13H20N2O3. The first-order valence-corrected chi connectivity index (χ1v) is 6.76. The Morgan fingerprint density at radius 3 is 2.39 bits per heavy atom. The maximum atomic E-state index is 12.5. The fourth-order valence-corrected chi connectivity index (χ4v) is 2.85. The highest BCUT2D eigenvalue weighted by Gasteiger charge is 2.58. The molecule has 1 saturated heterocycles. The Morgan fingerprint density at radius 1 is 1.28 bits per heavy atom. The molecule has 0 aromatic heterocycles. The van der Waals surface area contributed by atoms with E-state index in [1.807, 2.05) is 13.8 Å². The van der Waals surface area contributed by atoms with Gasteiger partial charge in [0, 0.05) is 6.04 Å². The van der Waals surface area contributed by atoms with Crippen molar-refractivity contribution in [1.82, 2.24) is 10.2 Å². The average Bonchev–Trinajstić information content (AvgIpc) is 2.25. The highest BCUT2D eigenvalue weighted by molar-refractivity contribution is 6.19. The third kappa shape index (κ3) is 1.72. The number of nitrogens with one attached hydrogen (secondary N) is 1. The van der Waals surface area contributed by atoms with Crippen molar-refractivity contribution in [3.8, 4) is 0 Å². The third-order valence-electron chi connectivity index (χ3n) is 4.17. The van der Waals surface area contributed by atoms with Gasteiger partial charge < -0.3 is 0 Å². The van der Waals surface area contributed by atoms with Crippen molar-refractivity contribution >= 4 is 17.8 Å². The molecule has 0 aromatic carbocycles. The smallest absolute Gasteiger partial charge is 0.277 e. The number of barbiturate groups is 1. The number of carbonyl (C=O) groups excluding carboxylic acids is 3. The molecule has 5 heteroatoms. The Hall–Kier alpha value is -1.39. The summed E-state index contributed by atoms with van der Waals surface area (Å²) in [6.07, 6.45) is 4.47. The normalized spacial score (nSPS) is 23.9. The summed E-state index contributed by atoms with van der Waals surface area (Å²) in [4.78, 5) is 37.5. The van der Waals surface area contributed by atoms with Gasteiger partial charge in [0.15, 0.2) is 0 Å². The molecule has 0 aromatic rings. The number of urea groups is 1. The van der Waals surface area contributed by atoms with Crippen molar-refractivity contribution in [3.05, 3.63) is 0 Å². The Bertz CT molecular complexity index is 388. The van der Waals surface area contributed by atoms with Gasteiger partial charge in [-0.2, -0.15) is 0 Å². The summed E-state index contributed by atoms with van der Waals surface area (Å²) in [7, 11) is 0. The molecule has 5 nitrogen and oxygen atoms in total.